The fourth-order valence-electron chi connectivity index (χ4n) is 6.81. The minimum atomic E-state index is -2.28. The van der Waals surface area contributed by atoms with Crippen molar-refractivity contribution in [1.29, 1.82) is 0 Å². The molecule has 0 saturated heterocycles. The molecule has 6 amide bonds. The lowest BCUT2D eigenvalue weighted by molar-refractivity contribution is -0.136. The maximum Gasteiger partial charge on any atom is 0.407 e. The van der Waals surface area contributed by atoms with E-state index in [2.05, 4.69) is 27.9 Å². The van der Waals surface area contributed by atoms with Crippen molar-refractivity contribution in [2.75, 3.05) is 26.7 Å². The summed E-state index contributed by atoms with van der Waals surface area (Å²) in [7, 11) is -0.637. The van der Waals surface area contributed by atoms with Crippen LogP contribution < -0.4 is 27.4 Å². The van der Waals surface area contributed by atoms with Gasteiger partial charge in [-0.1, -0.05) is 110 Å². The molecule has 0 unspecified atom stereocenters. The lowest BCUT2D eigenvalue weighted by atomic mass is 9.83. The molecule has 2 rings (SSSR count). The third kappa shape index (κ3) is 17.8. The summed E-state index contributed by atoms with van der Waals surface area (Å²) in [6, 6.07) is 8.11. The molecule has 325 valence electrons. The Bertz CT molecular complexity index is 1490. The number of nitrogens with two attached hydrogens (primary N) is 2. The van der Waals surface area contributed by atoms with Crippen LogP contribution >= 0.6 is 0 Å². The van der Waals surface area contributed by atoms with Crippen LogP contribution in [0.25, 0.3) is 0 Å². The van der Waals surface area contributed by atoms with Gasteiger partial charge in [-0.05, 0) is 49.6 Å². The van der Waals surface area contributed by atoms with Crippen molar-refractivity contribution in [1.82, 2.24) is 20.5 Å². The zero-order valence-corrected chi connectivity index (χ0v) is 36.8. The average Bonchev–Trinajstić information content (AvgIpc) is 3.21. The highest BCUT2D eigenvalue weighted by atomic mass is 28.3. The number of nitrogens with one attached hydrogen (secondary N) is 3. The summed E-state index contributed by atoms with van der Waals surface area (Å²) in [6.45, 7) is 11.5. The van der Waals surface area contributed by atoms with Crippen molar-refractivity contribution < 1.29 is 38.2 Å². The molecule has 7 N–H and O–H groups in total. The summed E-state index contributed by atoms with van der Waals surface area (Å²) >= 11 is 0. The first-order valence-corrected chi connectivity index (χ1v) is 22.7. The lowest BCUT2D eigenvalue weighted by Crippen LogP contribution is -2.58. The molecule has 0 spiro atoms. The van der Waals surface area contributed by atoms with E-state index in [-0.39, 0.29) is 61.1 Å². The fourth-order valence-corrected chi connectivity index (χ4v) is 9.13. The number of alkyl carbamates (subject to hydrolysis) is 1. The minimum Gasteiger partial charge on any atom is -0.445 e. The van der Waals surface area contributed by atoms with Gasteiger partial charge in [0.25, 0.3) is 20.8 Å². The van der Waals surface area contributed by atoms with Crippen LogP contribution in [-0.4, -0.2) is 99.4 Å². The smallest absolute Gasteiger partial charge is 0.407 e. The van der Waals surface area contributed by atoms with Gasteiger partial charge in [-0.2, -0.15) is 0 Å². The van der Waals surface area contributed by atoms with E-state index in [9.17, 15) is 28.8 Å². The Hall–Kier alpha value is -4.15. The number of ether oxygens (including phenoxy) is 2. The van der Waals surface area contributed by atoms with E-state index in [0.29, 0.717) is 25.3 Å². The Balaban J connectivity index is 2.28. The van der Waals surface area contributed by atoms with E-state index in [1.807, 2.05) is 45.9 Å². The summed E-state index contributed by atoms with van der Waals surface area (Å²) in [4.78, 5) is 83.8. The van der Waals surface area contributed by atoms with Crippen LogP contribution in [-0.2, 0) is 35.3 Å². The van der Waals surface area contributed by atoms with Crippen molar-refractivity contribution >= 4 is 49.9 Å². The van der Waals surface area contributed by atoms with Gasteiger partial charge in [0, 0.05) is 25.6 Å². The molecule has 15 nitrogen and oxygen atoms in total. The zero-order chi connectivity index (χ0) is 43.2. The first kappa shape index (κ1) is 50.0. The van der Waals surface area contributed by atoms with E-state index >= 15 is 0 Å². The van der Waals surface area contributed by atoms with Crippen LogP contribution in [0.15, 0.2) is 35.3 Å². The molecule has 1 fully saturated rings. The number of primary amides is 1. The molecule has 58 heavy (non-hydrogen) atoms. The summed E-state index contributed by atoms with van der Waals surface area (Å²) < 4.78 is 13.1. The van der Waals surface area contributed by atoms with Crippen LogP contribution in [0.3, 0.4) is 0 Å². The zero-order valence-electron chi connectivity index (χ0n) is 35.8. The van der Waals surface area contributed by atoms with Gasteiger partial charge in [0.2, 0.25) is 17.3 Å². The van der Waals surface area contributed by atoms with Crippen LogP contribution in [0.1, 0.15) is 111 Å². The third-order valence-corrected chi connectivity index (χ3v) is 13.4. The van der Waals surface area contributed by atoms with Crippen molar-refractivity contribution in [3.63, 3.8) is 0 Å². The topological polar surface area (TPSA) is 225 Å². The van der Waals surface area contributed by atoms with Crippen LogP contribution in [0.2, 0.25) is 6.04 Å². The van der Waals surface area contributed by atoms with Crippen molar-refractivity contribution in [2.45, 2.75) is 137 Å². The molecule has 1 aromatic rings. The first-order valence-electron chi connectivity index (χ1n) is 21.0. The van der Waals surface area contributed by atoms with E-state index in [4.69, 9.17) is 20.9 Å². The second kappa shape index (κ2) is 26.8. The predicted octanol–water partition coefficient (Wildman–Crippen LogP) is 4.80. The van der Waals surface area contributed by atoms with E-state index < -0.39 is 57.0 Å². The second-order valence-corrected chi connectivity index (χ2v) is 18.5. The molecular formula is C42H70N7O8Si. The van der Waals surface area contributed by atoms with Gasteiger partial charge in [-0.15, -0.1) is 0 Å². The maximum absolute atomic E-state index is 14.3. The SMILES string of the molecule is CCCCCC[C@@H](OC[C@@H](C)NC(=O)[C@@H](C)CN)[C@@H](C)C(=O)N(C)[Si](CC(C)C)C(=O)N[C@H](C(=O)N=C(CNC(=O)OCc1ccccc1)C(N)=O)C1CCCCC1. The monoisotopic (exact) mass is 829 g/mol. The highest BCUT2D eigenvalue weighted by molar-refractivity contribution is 6.89. The number of hydrogen-bond donors (Lipinski definition) is 5. The molecule has 16 heteroatoms. The molecular weight excluding hydrogens is 759 g/mol. The number of unbranched alkanes of at least 4 members (excludes halogenated alkanes) is 3. The van der Waals surface area contributed by atoms with Crippen LogP contribution in [0.5, 0.6) is 0 Å². The minimum absolute atomic E-state index is 0.00106. The number of amides is 6. The molecule has 1 radical (unpaired) electrons. The van der Waals surface area contributed by atoms with Crippen molar-refractivity contribution in [2.24, 2.45) is 40.1 Å². The summed E-state index contributed by atoms with van der Waals surface area (Å²) in [5.74, 6) is -3.26. The van der Waals surface area contributed by atoms with E-state index in [1.54, 1.807) is 30.7 Å². The Labute approximate surface area is 347 Å². The van der Waals surface area contributed by atoms with Gasteiger partial charge in [0.15, 0.2) is 0 Å². The number of rotatable bonds is 25. The number of aliphatic imine (C=N–C) groups is 1. The van der Waals surface area contributed by atoms with Crippen molar-refractivity contribution in [3.05, 3.63) is 35.9 Å². The molecule has 1 aliphatic rings. The maximum atomic E-state index is 14.3. The predicted molar refractivity (Wildman–Crippen MR) is 227 cm³/mol. The normalized spacial score (nSPS) is 16.1. The van der Waals surface area contributed by atoms with Gasteiger partial charge in [0.1, 0.15) is 18.4 Å². The fraction of sp³-hybridized carbons (Fsp3) is 0.690. The molecule has 1 saturated carbocycles. The number of carbonyl (C=O) groups is 6. The lowest BCUT2D eigenvalue weighted by Gasteiger charge is -2.34. The van der Waals surface area contributed by atoms with Gasteiger partial charge in [-0.3, -0.25) is 24.0 Å². The largest absolute Gasteiger partial charge is 0.445 e. The number of hydrogen-bond acceptors (Lipinski definition) is 9. The molecule has 0 aliphatic heterocycles. The number of nitrogens with zero attached hydrogens (tertiary/aromatic N) is 2. The summed E-state index contributed by atoms with van der Waals surface area (Å²) in [5.41, 5.74) is 11.2. The summed E-state index contributed by atoms with van der Waals surface area (Å²) in [6.07, 6.45) is 7.38. The average molecular weight is 829 g/mol. The standard InChI is InChI=1S/C42H70N7O8Si/c1-8-9-10-17-22-35(56-25-30(5)46-38(51)29(4)23-43)31(6)40(53)49(7)58(27-28(2)3)42(55)48-36(33-20-15-12-16-21-33)39(52)47-34(37(44)50)24-45-41(54)57-26-32-18-13-11-14-19-32/h11,13-14,18-19,28-31,33,35-36H,8-10,12,15-17,20-27,43H2,1-7H3,(H2,44,50)(H,45,54)(H,46,51)(H,48,55)/t29-,30+,31+,35+,36-/m0/s1. The molecule has 0 aromatic heterocycles. The molecule has 0 heterocycles. The van der Waals surface area contributed by atoms with Crippen LogP contribution in [0, 0.1) is 23.7 Å². The number of benzene rings is 1. The quantitative estimate of drug-likeness (QED) is 0.0518. The summed E-state index contributed by atoms with van der Waals surface area (Å²) in [5, 5.41) is 8.33. The molecule has 5 atom stereocenters. The Kier molecular flexibility index (Phi) is 23.1. The van der Waals surface area contributed by atoms with Gasteiger partial charge in [-0.25, -0.2) is 9.79 Å². The van der Waals surface area contributed by atoms with Gasteiger partial charge >= 0.3 is 6.09 Å². The highest BCUT2D eigenvalue weighted by Crippen LogP contribution is 2.28. The number of carbonyl (C=O) groups excluding carboxylic acids is 6. The Morgan fingerprint density at radius 1 is 0.948 bits per heavy atom. The molecule has 1 aliphatic carbocycles. The van der Waals surface area contributed by atoms with E-state index in [1.165, 1.54) is 0 Å². The van der Waals surface area contributed by atoms with E-state index in [0.717, 1.165) is 50.5 Å². The Morgan fingerprint density at radius 2 is 1.62 bits per heavy atom. The Morgan fingerprint density at radius 3 is 2.22 bits per heavy atom. The second-order valence-electron chi connectivity index (χ2n) is 16.0. The first-order chi connectivity index (χ1) is 27.6. The molecule has 0 bridgehead atoms. The van der Waals surface area contributed by atoms with Gasteiger partial charge in [0.05, 0.1) is 25.2 Å². The van der Waals surface area contributed by atoms with Crippen molar-refractivity contribution in [3.8, 4) is 0 Å². The third-order valence-electron chi connectivity index (χ3n) is 10.5. The van der Waals surface area contributed by atoms with Crippen LogP contribution in [0.4, 0.5) is 9.59 Å². The highest BCUT2D eigenvalue weighted by Gasteiger charge is 2.39. The van der Waals surface area contributed by atoms with Gasteiger partial charge < -0.3 is 41.5 Å². The molecule has 1 aromatic carbocycles.